The van der Waals surface area contributed by atoms with Crippen molar-refractivity contribution >= 4 is 23.1 Å². The van der Waals surface area contributed by atoms with Crippen LogP contribution in [0.4, 0.5) is 0 Å². The highest BCUT2D eigenvalue weighted by Crippen LogP contribution is 2.21. The number of carboxylic acids is 1. The summed E-state index contributed by atoms with van der Waals surface area (Å²) >= 11 is 1.39. The molecule has 2 aromatic heterocycles. The summed E-state index contributed by atoms with van der Waals surface area (Å²) in [7, 11) is 0. The fourth-order valence-electron chi connectivity index (χ4n) is 1.63. The number of thiophene rings is 1. The van der Waals surface area contributed by atoms with E-state index in [0.29, 0.717) is 18.1 Å². The normalized spacial score (nSPS) is 11.3. The van der Waals surface area contributed by atoms with Gasteiger partial charge in [-0.25, -0.2) is 4.79 Å². The highest BCUT2D eigenvalue weighted by Gasteiger charge is 2.14. The SMILES string of the molecule is O=C(O)/C(O)=C/C(=O)c1ccsc1Cc1ccccn1. The van der Waals surface area contributed by atoms with Crippen molar-refractivity contribution in [1.82, 2.24) is 4.98 Å². The van der Waals surface area contributed by atoms with Crippen LogP contribution in [0.25, 0.3) is 0 Å². The Labute approximate surface area is 118 Å². The summed E-state index contributed by atoms with van der Waals surface area (Å²) < 4.78 is 0. The van der Waals surface area contributed by atoms with E-state index in [1.54, 1.807) is 23.7 Å². The van der Waals surface area contributed by atoms with E-state index in [2.05, 4.69) is 4.98 Å². The fraction of sp³-hybridized carbons (Fsp3) is 0.0714. The van der Waals surface area contributed by atoms with Gasteiger partial charge in [0.25, 0.3) is 0 Å². The lowest BCUT2D eigenvalue weighted by molar-refractivity contribution is -0.135. The first kappa shape index (κ1) is 14.0. The van der Waals surface area contributed by atoms with Gasteiger partial charge in [-0.3, -0.25) is 9.78 Å². The van der Waals surface area contributed by atoms with Crippen molar-refractivity contribution < 1.29 is 19.8 Å². The minimum absolute atomic E-state index is 0.383. The lowest BCUT2D eigenvalue weighted by Gasteiger charge is -2.01. The van der Waals surface area contributed by atoms with Crippen molar-refractivity contribution in [1.29, 1.82) is 0 Å². The Morgan fingerprint density at radius 3 is 2.70 bits per heavy atom. The summed E-state index contributed by atoms with van der Waals surface area (Å²) in [6, 6.07) is 7.11. The lowest BCUT2D eigenvalue weighted by Crippen LogP contribution is -2.05. The molecule has 2 N–H and O–H groups in total. The standard InChI is InChI=1S/C14H11NO4S/c16-11(8-12(17)14(18)19)10-4-6-20-13(10)7-9-3-1-2-5-15-9/h1-6,8,17H,7H2,(H,18,19)/b12-8-. The van der Waals surface area contributed by atoms with E-state index in [4.69, 9.17) is 10.2 Å². The van der Waals surface area contributed by atoms with Crippen LogP contribution in [-0.4, -0.2) is 26.9 Å². The van der Waals surface area contributed by atoms with E-state index in [1.807, 2.05) is 12.1 Å². The third kappa shape index (κ3) is 3.30. The summed E-state index contributed by atoms with van der Waals surface area (Å²) in [6.45, 7) is 0. The van der Waals surface area contributed by atoms with Gasteiger partial charge in [0, 0.05) is 34.8 Å². The average molecular weight is 289 g/mol. The van der Waals surface area contributed by atoms with Crippen molar-refractivity contribution in [3.63, 3.8) is 0 Å². The highest BCUT2D eigenvalue weighted by molar-refractivity contribution is 7.10. The number of aromatic nitrogens is 1. The molecular weight excluding hydrogens is 278 g/mol. The van der Waals surface area contributed by atoms with Gasteiger partial charge >= 0.3 is 5.97 Å². The van der Waals surface area contributed by atoms with Crippen LogP contribution in [0.2, 0.25) is 0 Å². The third-order valence-electron chi connectivity index (χ3n) is 2.57. The monoisotopic (exact) mass is 289 g/mol. The van der Waals surface area contributed by atoms with Gasteiger partial charge in [0.2, 0.25) is 5.76 Å². The number of aliphatic hydroxyl groups excluding tert-OH is 1. The van der Waals surface area contributed by atoms with Gasteiger partial charge < -0.3 is 10.2 Å². The van der Waals surface area contributed by atoms with Crippen LogP contribution >= 0.6 is 11.3 Å². The molecule has 0 saturated heterocycles. The largest absolute Gasteiger partial charge is 0.502 e. The average Bonchev–Trinajstić information content (AvgIpc) is 2.88. The molecule has 2 aromatic rings. The van der Waals surface area contributed by atoms with Crippen molar-refractivity contribution in [3.05, 3.63) is 63.8 Å². The number of carbonyl (C=O) groups excluding carboxylic acids is 1. The van der Waals surface area contributed by atoms with E-state index >= 15 is 0 Å². The molecule has 5 nitrogen and oxygen atoms in total. The van der Waals surface area contributed by atoms with Gasteiger partial charge in [0.15, 0.2) is 5.78 Å². The predicted octanol–water partition coefficient (Wildman–Crippen LogP) is 2.44. The molecule has 0 aromatic carbocycles. The zero-order valence-electron chi connectivity index (χ0n) is 10.3. The zero-order valence-corrected chi connectivity index (χ0v) is 11.1. The number of aliphatic hydroxyl groups is 1. The molecule has 0 aliphatic carbocycles. The van der Waals surface area contributed by atoms with Gasteiger partial charge in [-0.05, 0) is 23.6 Å². The topological polar surface area (TPSA) is 87.5 Å². The van der Waals surface area contributed by atoms with Gasteiger partial charge in [-0.1, -0.05) is 6.07 Å². The van der Waals surface area contributed by atoms with E-state index < -0.39 is 17.5 Å². The summed E-state index contributed by atoms with van der Waals surface area (Å²) in [4.78, 5) is 27.4. The maximum Gasteiger partial charge on any atom is 0.371 e. The quantitative estimate of drug-likeness (QED) is 0.501. The summed E-state index contributed by atoms with van der Waals surface area (Å²) in [5.74, 6) is -3.03. The minimum Gasteiger partial charge on any atom is -0.502 e. The predicted molar refractivity (Wildman–Crippen MR) is 74.0 cm³/mol. The second kappa shape index (κ2) is 6.12. The Balaban J connectivity index is 2.23. The molecule has 2 rings (SSSR count). The highest BCUT2D eigenvalue weighted by atomic mass is 32.1. The second-order valence-electron chi connectivity index (χ2n) is 3.95. The van der Waals surface area contributed by atoms with Crippen molar-refractivity contribution in [2.24, 2.45) is 0 Å². The molecule has 0 spiro atoms. The summed E-state index contributed by atoms with van der Waals surface area (Å²) in [5.41, 5.74) is 1.20. The number of carbonyl (C=O) groups is 2. The number of hydrogen-bond acceptors (Lipinski definition) is 5. The van der Waals surface area contributed by atoms with E-state index in [0.717, 1.165) is 10.6 Å². The number of nitrogens with zero attached hydrogens (tertiary/aromatic N) is 1. The Morgan fingerprint density at radius 1 is 1.25 bits per heavy atom. The number of allylic oxidation sites excluding steroid dienone is 1. The van der Waals surface area contributed by atoms with E-state index in [9.17, 15) is 9.59 Å². The van der Waals surface area contributed by atoms with Crippen molar-refractivity contribution in [3.8, 4) is 0 Å². The Bertz CT molecular complexity index is 661. The Morgan fingerprint density at radius 2 is 2.05 bits per heavy atom. The van der Waals surface area contributed by atoms with Crippen molar-refractivity contribution in [2.45, 2.75) is 6.42 Å². The number of hydrogen-bond donors (Lipinski definition) is 2. The second-order valence-corrected chi connectivity index (χ2v) is 4.95. The molecule has 2 heterocycles. The van der Waals surface area contributed by atoms with Gasteiger partial charge in [0.1, 0.15) is 0 Å². The molecule has 0 saturated carbocycles. The molecule has 0 unspecified atom stereocenters. The molecule has 0 amide bonds. The van der Waals surface area contributed by atoms with E-state index in [1.165, 1.54) is 11.3 Å². The molecule has 0 aliphatic heterocycles. The van der Waals surface area contributed by atoms with Crippen LogP contribution in [0.5, 0.6) is 0 Å². The summed E-state index contributed by atoms with van der Waals surface area (Å²) in [6.07, 6.45) is 2.87. The van der Waals surface area contributed by atoms with E-state index in [-0.39, 0.29) is 0 Å². The third-order valence-corrected chi connectivity index (χ3v) is 3.49. The van der Waals surface area contributed by atoms with Crippen LogP contribution in [-0.2, 0) is 11.2 Å². The lowest BCUT2D eigenvalue weighted by atomic mass is 10.1. The molecule has 0 atom stereocenters. The smallest absolute Gasteiger partial charge is 0.371 e. The number of aliphatic carboxylic acids is 1. The number of ketones is 1. The first-order valence-corrected chi connectivity index (χ1v) is 6.60. The van der Waals surface area contributed by atoms with Gasteiger partial charge in [0.05, 0.1) is 0 Å². The molecule has 102 valence electrons. The van der Waals surface area contributed by atoms with Gasteiger partial charge in [-0.2, -0.15) is 0 Å². The van der Waals surface area contributed by atoms with Crippen LogP contribution in [0.1, 0.15) is 20.9 Å². The number of pyridine rings is 1. The van der Waals surface area contributed by atoms with Crippen LogP contribution < -0.4 is 0 Å². The molecule has 0 radical (unpaired) electrons. The fourth-order valence-corrected chi connectivity index (χ4v) is 2.52. The minimum atomic E-state index is -1.53. The van der Waals surface area contributed by atoms with Crippen LogP contribution in [0.15, 0.2) is 47.7 Å². The summed E-state index contributed by atoms with van der Waals surface area (Å²) in [5, 5.41) is 19.4. The molecule has 0 fully saturated rings. The van der Waals surface area contributed by atoms with Crippen LogP contribution in [0, 0.1) is 0 Å². The first-order chi connectivity index (χ1) is 9.58. The molecule has 6 heteroatoms. The molecule has 0 aliphatic rings. The maximum atomic E-state index is 11.9. The Hall–Kier alpha value is -2.47. The Kier molecular flexibility index (Phi) is 4.27. The number of rotatable bonds is 5. The molecule has 20 heavy (non-hydrogen) atoms. The molecular formula is C14H11NO4S. The van der Waals surface area contributed by atoms with Gasteiger partial charge in [-0.15, -0.1) is 11.3 Å². The van der Waals surface area contributed by atoms with Crippen LogP contribution in [0.3, 0.4) is 0 Å². The molecule has 0 bridgehead atoms. The first-order valence-electron chi connectivity index (χ1n) is 5.72. The number of carboxylic acid groups (broad SMARTS) is 1. The zero-order chi connectivity index (χ0) is 14.5. The van der Waals surface area contributed by atoms with Crippen molar-refractivity contribution in [2.75, 3.05) is 0 Å². The maximum absolute atomic E-state index is 11.9.